The fraction of sp³-hybridized carbons (Fsp3) is 0.125. The van der Waals surface area contributed by atoms with Gasteiger partial charge in [-0.3, -0.25) is 4.72 Å². The molecule has 0 amide bonds. The van der Waals surface area contributed by atoms with Crippen LogP contribution in [0.4, 0.5) is 5.69 Å². The van der Waals surface area contributed by atoms with Gasteiger partial charge >= 0.3 is 10.2 Å². The van der Waals surface area contributed by atoms with Gasteiger partial charge in [-0.05, 0) is 17.2 Å². The molecule has 0 aliphatic carbocycles. The molecule has 1 aliphatic rings. The first-order chi connectivity index (χ1) is 11.5. The summed E-state index contributed by atoms with van der Waals surface area (Å²) in [5.74, 6) is 0. The van der Waals surface area contributed by atoms with E-state index in [-0.39, 0.29) is 13.1 Å². The number of aromatic nitrogens is 1. The van der Waals surface area contributed by atoms with E-state index in [9.17, 15) is 8.42 Å². The highest BCUT2D eigenvalue weighted by Crippen LogP contribution is 2.40. The van der Waals surface area contributed by atoms with Crippen molar-refractivity contribution in [3.8, 4) is 0 Å². The second-order valence-electron chi connectivity index (χ2n) is 5.64. The Hall–Kier alpha value is -1.73. The van der Waals surface area contributed by atoms with Crippen molar-refractivity contribution >= 4 is 50.0 Å². The molecule has 8 heteroatoms. The lowest BCUT2D eigenvalue weighted by Gasteiger charge is -2.29. The molecule has 0 fully saturated rings. The summed E-state index contributed by atoms with van der Waals surface area (Å²) in [7, 11) is -3.65. The zero-order valence-electron chi connectivity index (χ0n) is 12.4. The van der Waals surface area contributed by atoms with Gasteiger partial charge < -0.3 is 4.98 Å². The first-order valence-electron chi connectivity index (χ1n) is 7.25. The SMILES string of the molecule is O=S1(=O)Nc2c(cc(Cl)c3c(Cl)c[nH]c23)CN1Cc1ccccc1. The molecule has 2 N–H and O–H groups in total. The molecule has 0 bridgehead atoms. The molecule has 3 aromatic rings. The summed E-state index contributed by atoms with van der Waals surface area (Å²) >= 11 is 12.4. The lowest BCUT2D eigenvalue weighted by Crippen LogP contribution is -2.39. The van der Waals surface area contributed by atoms with E-state index in [1.165, 1.54) is 4.31 Å². The van der Waals surface area contributed by atoms with Gasteiger partial charge in [0.15, 0.2) is 0 Å². The van der Waals surface area contributed by atoms with Crippen LogP contribution in [0.2, 0.25) is 10.0 Å². The molecule has 0 atom stereocenters. The van der Waals surface area contributed by atoms with Crippen LogP contribution in [0.15, 0.2) is 42.6 Å². The minimum Gasteiger partial charge on any atom is -0.358 e. The molecule has 5 nitrogen and oxygen atoms in total. The molecule has 2 heterocycles. The van der Waals surface area contributed by atoms with Crippen LogP contribution in [-0.2, 0) is 23.3 Å². The number of halogens is 2. The Labute approximate surface area is 149 Å². The van der Waals surface area contributed by atoms with E-state index in [4.69, 9.17) is 23.2 Å². The van der Waals surface area contributed by atoms with Gasteiger partial charge in [0, 0.05) is 24.7 Å². The topological polar surface area (TPSA) is 65.2 Å². The van der Waals surface area contributed by atoms with Crippen molar-refractivity contribution in [2.45, 2.75) is 13.1 Å². The van der Waals surface area contributed by atoms with Gasteiger partial charge in [0.1, 0.15) is 0 Å². The number of nitrogens with zero attached hydrogens (tertiary/aromatic N) is 1. The second-order valence-corrected chi connectivity index (χ2v) is 8.12. The number of anilines is 1. The van der Waals surface area contributed by atoms with Gasteiger partial charge in [0.05, 0.1) is 21.2 Å². The van der Waals surface area contributed by atoms with Gasteiger partial charge in [-0.25, -0.2) is 0 Å². The Morgan fingerprint density at radius 1 is 1.12 bits per heavy atom. The van der Waals surface area contributed by atoms with Crippen molar-refractivity contribution < 1.29 is 8.42 Å². The molecule has 1 aliphatic heterocycles. The van der Waals surface area contributed by atoms with Crippen LogP contribution in [0.3, 0.4) is 0 Å². The third kappa shape index (κ3) is 2.56. The third-order valence-electron chi connectivity index (χ3n) is 4.06. The predicted octanol–water partition coefficient (Wildman–Crippen LogP) is 4.15. The standard InChI is InChI=1S/C16H13Cl2N3O2S/c17-12-6-11-9-21(8-10-4-2-1-3-5-10)24(22,23)20-15(11)16-14(12)13(18)7-19-16/h1-7,19-20H,8-9H2. The minimum absolute atomic E-state index is 0.242. The second kappa shape index (κ2) is 5.67. The Balaban J connectivity index is 1.79. The normalized spacial score (nSPS) is 16.8. The average molecular weight is 382 g/mol. The lowest BCUT2D eigenvalue weighted by molar-refractivity contribution is 0.400. The largest absolute Gasteiger partial charge is 0.358 e. The molecule has 1 aromatic heterocycles. The van der Waals surface area contributed by atoms with Crippen LogP contribution in [0.25, 0.3) is 10.9 Å². The first kappa shape index (κ1) is 15.8. The Morgan fingerprint density at radius 2 is 1.88 bits per heavy atom. The average Bonchev–Trinajstić information content (AvgIpc) is 2.93. The van der Waals surface area contributed by atoms with Crippen LogP contribution in [-0.4, -0.2) is 17.7 Å². The maximum atomic E-state index is 12.6. The van der Waals surface area contributed by atoms with Gasteiger partial charge in [0.25, 0.3) is 0 Å². The van der Waals surface area contributed by atoms with Gasteiger partial charge in [-0.2, -0.15) is 12.7 Å². The van der Waals surface area contributed by atoms with Gasteiger partial charge in [0.2, 0.25) is 0 Å². The quantitative estimate of drug-likeness (QED) is 0.700. The van der Waals surface area contributed by atoms with Gasteiger partial charge in [-0.15, -0.1) is 0 Å². The molecule has 24 heavy (non-hydrogen) atoms. The Morgan fingerprint density at radius 3 is 2.62 bits per heavy atom. The first-order valence-corrected chi connectivity index (χ1v) is 9.45. The fourth-order valence-corrected chi connectivity index (χ4v) is 4.80. The smallest absolute Gasteiger partial charge is 0.302 e. The van der Waals surface area contributed by atoms with E-state index in [0.717, 1.165) is 11.1 Å². The number of rotatable bonds is 2. The van der Waals surface area contributed by atoms with E-state index in [1.807, 2.05) is 30.3 Å². The monoisotopic (exact) mass is 381 g/mol. The summed E-state index contributed by atoms with van der Waals surface area (Å²) in [6.45, 7) is 0.530. The van der Waals surface area contributed by atoms with Crippen molar-refractivity contribution in [3.05, 3.63) is 63.8 Å². The fourth-order valence-electron chi connectivity index (χ4n) is 2.93. The van der Waals surface area contributed by atoms with E-state index < -0.39 is 10.2 Å². The number of fused-ring (bicyclic) bond motifs is 3. The molecule has 0 radical (unpaired) electrons. The van der Waals surface area contributed by atoms with Crippen molar-refractivity contribution in [3.63, 3.8) is 0 Å². The van der Waals surface area contributed by atoms with Crippen molar-refractivity contribution in [1.82, 2.24) is 9.29 Å². The molecule has 0 unspecified atom stereocenters. The van der Waals surface area contributed by atoms with Crippen molar-refractivity contribution in [1.29, 1.82) is 0 Å². The summed E-state index contributed by atoms with van der Waals surface area (Å²) in [6, 6.07) is 11.2. The van der Waals surface area contributed by atoms with Crippen molar-refractivity contribution in [2.24, 2.45) is 0 Å². The van der Waals surface area contributed by atoms with Crippen LogP contribution < -0.4 is 4.72 Å². The Kier molecular flexibility index (Phi) is 3.73. The summed E-state index contributed by atoms with van der Waals surface area (Å²) in [4.78, 5) is 3.00. The zero-order valence-corrected chi connectivity index (χ0v) is 14.7. The highest BCUT2D eigenvalue weighted by Gasteiger charge is 2.31. The van der Waals surface area contributed by atoms with E-state index in [2.05, 4.69) is 9.71 Å². The van der Waals surface area contributed by atoms with E-state index in [0.29, 0.717) is 26.6 Å². The van der Waals surface area contributed by atoms with Crippen LogP contribution in [0, 0.1) is 0 Å². The van der Waals surface area contributed by atoms with E-state index >= 15 is 0 Å². The van der Waals surface area contributed by atoms with Crippen LogP contribution in [0.1, 0.15) is 11.1 Å². The van der Waals surface area contributed by atoms with Crippen LogP contribution in [0.5, 0.6) is 0 Å². The summed E-state index contributed by atoms with van der Waals surface area (Å²) in [5, 5.41) is 1.58. The number of hydrogen-bond donors (Lipinski definition) is 2. The van der Waals surface area contributed by atoms with Crippen molar-refractivity contribution in [2.75, 3.05) is 4.72 Å². The molecular weight excluding hydrogens is 369 g/mol. The highest BCUT2D eigenvalue weighted by molar-refractivity contribution is 7.90. The molecular formula is C16H13Cl2N3O2S. The summed E-state index contributed by atoms with van der Waals surface area (Å²) < 4.78 is 29.3. The number of benzene rings is 2. The molecule has 0 saturated carbocycles. The number of nitrogens with one attached hydrogen (secondary N) is 2. The number of aromatic amines is 1. The van der Waals surface area contributed by atoms with E-state index in [1.54, 1.807) is 12.3 Å². The Bertz CT molecular complexity index is 1030. The molecule has 4 rings (SSSR count). The molecule has 124 valence electrons. The molecule has 0 spiro atoms. The number of hydrogen-bond acceptors (Lipinski definition) is 2. The third-order valence-corrected chi connectivity index (χ3v) is 6.06. The maximum Gasteiger partial charge on any atom is 0.302 e. The lowest BCUT2D eigenvalue weighted by atomic mass is 10.1. The number of H-pyrrole nitrogens is 1. The zero-order chi connectivity index (χ0) is 16.9. The minimum atomic E-state index is -3.65. The maximum absolute atomic E-state index is 12.6. The molecule has 0 saturated heterocycles. The molecule has 2 aromatic carbocycles. The highest BCUT2D eigenvalue weighted by atomic mass is 35.5. The summed E-state index contributed by atoms with van der Waals surface area (Å²) in [5.41, 5.74) is 2.83. The predicted molar refractivity (Wildman–Crippen MR) is 96.6 cm³/mol. The van der Waals surface area contributed by atoms with Gasteiger partial charge in [-0.1, -0.05) is 53.5 Å². The van der Waals surface area contributed by atoms with Crippen LogP contribution >= 0.6 is 23.2 Å². The summed E-state index contributed by atoms with van der Waals surface area (Å²) in [6.07, 6.45) is 1.60.